The van der Waals surface area contributed by atoms with E-state index in [1.165, 1.54) is 38.4 Å². The van der Waals surface area contributed by atoms with Gasteiger partial charge in [-0.15, -0.1) is 0 Å². The van der Waals surface area contributed by atoms with Crippen molar-refractivity contribution in [3.8, 4) is 11.5 Å². The van der Waals surface area contributed by atoms with E-state index in [1.54, 1.807) is 12.1 Å². The quantitative estimate of drug-likeness (QED) is 0.481. The van der Waals surface area contributed by atoms with Gasteiger partial charge in [-0.05, 0) is 30.2 Å². The predicted octanol–water partition coefficient (Wildman–Crippen LogP) is 3.29. The number of methoxy groups -OCH3 is 1. The Bertz CT molecular complexity index is 1030. The largest absolute Gasteiger partial charge is 0.495 e. The third kappa shape index (κ3) is 6.44. The van der Waals surface area contributed by atoms with Gasteiger partial charge in [-0.3, -0.25) is 9.69 Å². The first-order valence-electron chi connectivity index (χ1n) is 11.6. The van der Waals surface area contributed by atoms with Gasteiger partial charge < -0.3 is 25.0 Å². The number of aliphatic hydroxyl groups excluding tert-OH is 1. The van der Waals surface area contributed by atoms with Crippen molar-refractivity contribution in [2.24, 2.45) is 5.41 Å². The number of carbonyl (C=O) groups is 1. The van der Waals surface area contributed by atoms with Gasteiger partial charge >= 0.3 is 0 Å². The SMILES string of the molecule is CNC(=O)c1cc(Cl)c(OC)cc1OCC(O)CN1CCC(O)(Cc2ccc(F)cc2)C(C)(C)C1. The molecule has 1 heterocycles. The van der Waals surface area contributed by atoms with Crippen molar-refractivity contribution in [1.29, 1.82) is 0 Å². The second-order valence-corrected chi connectivity index (χ2v) is 10.1. The number of aliphatic hydroxyl groups is 2. The number of hydrogen-bond acceptors (Lipinski definition) is 6. The molecule has 1 fully saturated rings. The molecule has 7 nitrogen and oxygen atoms in total. The molecule has 1 saturated heterocycles. The van der Waals surface area contributed by atoms with Crippen LogP contribution in [-0.4, -0.2) is 73.1 Å². The highest BCUT2D eigenvalue weighted by molar-refractivity contribution is 6.32. The minimum atomic E-state index is -0.953. The Hall–Kier alpha value is -2.39. The second-order valence-electron chi connectivity index (χ2n) is 9.73. The van der Waals surface area contributed by atoms with Gasteiger partial charge in [0.2, 0.25) is 0 Å². The van der Waals surface area contributed by atoms with Crippen molar-refractivity contribution < 1.29 is 28.9 Å². The van der Waals surface area contributed by atoms with Crippen molar-refractivity contribution in [1.82, 2.24) is 10.2 Å². The van der Waals surface area contributed by atoms with Crippen LogP contribution in [0.1, 0.15) is 36.2 Å². The van der Waals surface area contributed by atoms with Crippen molar-refractivity contribution in [3.63, 3.8) is 0 Å². The highest BCUT2D eigenvalue weighted by Crippen LogP contribution is 2.41. The van der Waals surface area contributed by atoms with E-state index in [9.17, 15) is 19.4 Å². The molecule has 2 atom stereocenters. The normalized spacial score (nSPS) is 20.8. The smallest absolute Gasteiger partial charge is 0.254 e. The number of ether oxygens (including phenoxy) is 2. The molecule has 0 spiro atoms. The van der Waals surface area contributed by atoms with Gasteiger partial charge in [-0.1, -0.05) is 37.6 Å². The van der Waals surface area contributed by atoms with Gasteiger partial charge in [-0.2, -0.15) is 0 Å². The van der Waals surface area contributed by atoms with Crippen molar-refractivity contribution in [2.45, 2.75) is 38.4 Å². The van der Waals surface area contributed by atoms with E-state index in [-0.39, 0.29) is 34.7 Å². The average molecular weight is 509 g/mol. The molecule has 0 saturated carbocycles. The van der Waals surface area contributed by atoms with Crippen molar-refractivity contribution in [3.05, 3.63) is 58.4 Å². The number of carbonyl (C=O) groups excluding carboxylic acids is 1. The number of benzene rings is 2. The van der Waals surface area contributed by atoms with E-state index in [4.69, 9.17) is 21.1 Å². The lowest BCUT2D eigenvalue weighted by molar-refractivity contribution is -0.123. The van der Waals surface area contributed by atoms with E-state index < -0.39 is 17.1 Å². The molecular weight excluding hydrogens is 475 g/mol. The van der Waals surface area contributed by atoms with E-state index in [1.807, 2.05) is 13.8 Å². The Labute approximate surface area is 210 Å². The molecular formula is C26H34ClFN2O5. The summed E-state index contributed by atoms with van der Waals surface area (Å²) in [5.74, 6) is -0.0397. The number of β-amino-alcohol motifs (C(OH)–C–C–N with tert-alkyl or cyclic N) is 1. The topological polar surface area (TPSA) is 91.3 Å². The zero-order valence-electron chi connectivity index (χ0n) is 20.6. The number of amides is 1. The first kappa shape index (κ1) is 27.2. The van der Waals surface area contributed by atoms with Crippen LogP contribution in [-0.2, 0) is 6.42 Å². The van der Waals surface area contributed by atoms with Crippen molar-refractivity contribution >= 4 is 17.5 Å². The molecule has 3 N–H and O–H groups in total. The molecule has 0 bridgehead atoms. The number of hydrogen-bond donors (Lipinski definition) is 3. The van der Waals surface area contributed by atoms with Gasteiger partial charge in [0.05, 0.1) is 23.3 Å². The molecule has 1 amide bonds. The lowest BCUT2D eigenvalue weighted by Gasteiger charge is -2.51. The number of nitrogens with one attached hydrogen (secondary N) is 1. The fourth-order valence-electron chi connectivity index (χ4n) is 4.55. The first-order chi connectivity index (χ1) is 16.5. The molecule has 2 aromatic carbocycles. The van der Waals surface area contributed by atoms with E-state index in [2.05, 4.69) is 10.2 Å². The summed E-state index contributed by atoms with van der Waals surface area (Å²) >= 11 is 6.15. The minimum Gasteiger partial charge on any atom is -0.495 e. The number of nitrogens with zero attached hydrogens (tertiary/aromatic N) is 1. The maximum atomic E-state index is 13.3. The zero-order chi connectivity index (χ0) is 25.8. The summed E-state index contributed by atoms with van der Waals surface area (Å²) < 4.78 is 24.3. The molecule has 0 aromatic heterocycles. The average Bonchev–Trinajstić information content (AvgIpc) is 2.81. The van der Waals surface area contributed by atoms with Crippen LogP contribution >= 0.6 is 11.6 Å². The minimum absolute atomic E-state index is 0.0362. The van der Waals surface area contributed by atoms with E-state index in [0.29, 0.717) is 38.2 Å². The summed E-state index contributed by atoms with van der Waals surface area (Å²) in [6.45, 7) is 5.47. The molecule has 0 aliphatic carbocycles. The maximum Gasteiger partial charge on any atom is 0.254 e. The Balaban J connectivity index is 1.61. The van der Waals surface area contributed by atoms with Crippen LogP contribution < -0.4 is 14.8 Å². The summed E-state index contributed by atoms with van der Waals surface area (Å²) in [5, 5.41) is 24.9. The summed E-state index contributed by atoms with van der Waals surface area (Å²) in [7, 11) is 2.98. The Morgan fingerprint density at radius 2 is 1.94 bits per heavy atom. The van der Waals surface area contributed by atoms with E-state index in [0.717, 1.165) is 5.56 Å². The van der Waals surface area contributed by atoms with Gasteiger partial charge in [-0.25, -0.2) is 4.39 Å². The second kappa shape index (κ2) is 11.1. The van der Waals surface area contributed by atoms with E-state index >= 15 is 0 Å². The number of rotatable bonds is 9. The molecule has 9 heteroatoms. The Morgan fingerprint density at radius 1 is 1.26 bits per heavy atom. The van der Waals surface area contributed by atoms with Crippen molar-refractivity contribution in [2.75, 3.05) is 40.4 Å². The predicted molar refractivity (Wildman–Crippen MR) is 133 cm³/mol. The highest BCUT2D eigenvalue weighted by atomic mass is 35.5. The standard InChI is InChI=1S/C26H34ClFN2O5/c1-25(2)16-30(10-9-26(25,33)13-17-5-7-18(28)8-6-17)14-19(31)15-35-22-12-23(34-4)21(27)11-20(22)24(32)29-3/h5-8,11-12,19,31,33H,9-10,13-16H2,1-4H3,(H,29,32). The third-order valence-corrected chi connectivity index (χ3v) is 7.05. The molecule has 1 aliphatic rings. The van der Waals surface area contributed by atoms with Crippen LogP contribution in [0.4, 0.5) is 4.39 Å². The summed E-state index contributed by atoms with van der Waals surface area (Å²) in [4.78, 5) is 14.3. The molecule has 1 aliphatic heterocycles. The summed E-state index contributed by atoms with van der Waals surface area (Å²) in [6, 6.07) is 9.21. The van der Waals surface area contributed by atoms with Crippen LogP contribution in [0.15, 0.2) is 36.4 Å². The summed E-state index contributed by atoms with van der Waals surface area (Å²) in [5.41, 5.74) is -0.286. The fraction of sp³-hybridized carbons (Fsp3) is 0.500. The number of likely N-dealkylation sites (tertiary alicyclic amines) is 1. The van der Waals surface area contributed by atoms with Crippen LogP contribution in [0.3, 0.4) is 0 Å². The van der Waals surface area contributed by atoms with Crippen LogP contribution in [0.2, 0.25) is 5.02 Å². The lowest BCUT2D eigenvalue weighted by Crippen LogP contribution is -2.59. The fourth-order valence-corrected chi connectivity index (χ4v) is 4.79. The Kier molecular flexibility index (Phi) is 8.64. The highest BCUT2D eigenvalue weighted by Gasteiger charge is 2.47. The lowest BCUT2D eigenvalue weighted by atomic mass is 9.67. The monoisotopic (exact) mass is 508 g/mol. The number of piperidine rings is 1. The molecule has 3 rings (SSSR count). The number of halogens is 2. The molecule has 0 radical (unpaired) electrons. The van der Waals surface area contributed by atoms with Gasteiger partial charge in [0.15, 0.2) is 0 Å². The molecule has 192 valence electrons. The Morgan fingerprint density at radius 3 is 2.54 bits per heavy atom. The summed E-state index contributed by atoms with van der Waals surface area (Å²) in [6.07, 6.45) is 0.119. The van der Waals surface area contributed by atoms with Gasteiger partial charge in [0, 0.05) is 44.6 Å². The van der Waals surface area contributed by atoms with Crippen LogP contribution in [0.5, 0.6) is 11.5 Å². The molecule has 2 unspecified atom stereocenters. The zero-order valence-corrected chi connectivity index (χ0v) is 21.4. The molecule has 2 aromatic rings. The molecule has 35 heavy (non-hydrogen) atoms. The van der Waals surface area contributed by atoms with Gasteiger partial charge in [0.1, 0.15) is 30.0 Å². The van der Waals surface area contributed by atoms with Gasteiger partial charge in [0.25, 0.3) is 5.91 Å². The third-order valence-electron chi connectivity index (χ3n) is 6.76. The van der Waals surface area contributed by atoms with Crippen LogP contribution in [0.25, 0.3) is 0 Å². The first-order valence-corrected chi connectivity index (χ1v) is 12.0. The van der Waals surface area contributed by atoms with Crippen LogP contribution in [0, 0.1) is 11.2 Å². The maximum absolute atomic E-state index is 13.3.